The van der Waals surface area contributed by atoms with Crippen molar-refractivity contribution < 1.29 is 27.4 Å². The largest absolute Gasteiger partial charge is 0.496 e. The third-order valence-electron chi connectivity index (χ3n) is 2.57. The number of methoxy groups -OCH3 is 2. The van der Waals surface area contributed by atoms with Gasteiger partial charge in [0.1, 0.15) is 17.1 Å². The van der Waals surface area contributed by atoms with Gasteiger partial charge >= 0.3 is 6.18 Å². The van der Waals surface area contributed by atoms with Crippen molar-refractivity contribution >= 4 is 5.78 Å². The van der Waals surface area contributed by atoms with Gasteiger partial charge in [0.05, 0.1) is 14.2 Å². The van der Waals surface area contributed by atoms with Gasteiger partial charge in [-0.3, -0.25) is 4.79 Å². The van der Waals surface area contributed by atoms with Crippen LogP contribution in [-0.2, 0) is 0 Å². The van der Waals surface area contributed by atoms with Gasteiger partial charge < -0.3 is 9.47 Å². The maximum Gasteiger partial charge on any atom is 0.389 e. The Hall–Kier alpha value is -1.72. The Morgan fingerprint density at radius 3 is 2.11 bits per heavy atom. The summed E-state index contributed by atoms with van der Waals surface area (Å²) in [6.07, 6.45) is -5.67. The zero-order valence-electron chi connectivity index (χ0n) is 10.7. The number of halogens is 3. The number of rotatable bonds is 6. The van der Waals surface area contributed by atoms with E-state index in [1.807, 2.05) is 0 Å². The molecule has 0 aromatic heterocycles. The number of ether oxygens (including phenoxy) is 2. The number of carbonyl (C=O) groups excluding carboxylic acids is 1. The molecule has 0 spiro atoms. The lowest BCUT2D eigenvalue weighted by molar-refractivity contribution is -0.135. The van der Waals surface area contributed by atoms with Crippen molar-refractivity contribution in [2.24, 2.45) is 0 Å². The first-order valence-electron chi connectivity index (χ1n) is 5.70. The summed E-state index contributed by atoms with van der Waals surface area (Å²) in [6.45, 7) is 0. The SMILES string of the molecule is COc1cccc(OC)c1C(=O)CCCC(F)(F)F. The van der Waals surface area contributed by atoms with Crippen molar-refractivity contribution in [2.45, 2.75) is 25.4 Å². The van der Waals surface area contributed by atoms with E-state index in [4.69, 9.17) is 9.47 Å². The maximum absolute atomic E-state index is 12.0. The molecule has 0 fully saturated rings. The summed E-state index contributed by atoms with van der Waals surface area (Å²) in [4.78, 5) is 12.0. The van der Waals surface area contributed by atoms with Crippen LogP contribution in [0.1, 0.15) is 29.6 Å². The van der Waals surface area contributed by atoms with Crippen molar-refractivity contribution in [1.82, 2.24) is 0 Å². The van der Waals surface area contributed by atoms with Crippen LogP contribution >= 0.6 is 0 Å². The fourth-order valence-corrected chi connectivity index (χ4v) is 1.70. The van der Waals surface area contributed by atoms with Crippen LogP contribution in [0.15, 0.2) is 18.2 Å². The summed E-state index contributed by atoms with van der Waals surface area (Å²) >= 11 is 0. The van der Waals surface area contributed by atoms with Gasteiger partial charge in [-0.25, -0.2) is 0 Å². The van der Waals surface area contributed by atoms with Gasteiger partial charge in [0.15, 0.2) is 5.78 Å². The molecule has 1 rings (SSSR count). The summed E-state index contributed by atoms with van der Waals surface area (Å²) in [7, 11) is 2.78. The average Bonchev–Trinajstić information content (AvgIpc) is 2.35. The molecule has 6 heteroatoms. The first kappa shape index (κ1) is 15.3. The van der Waals surface area contributed by atoms with Crippen LogP contribution in [0, 0.1) is 0 Å². The van der Waals surface area contributed by atoms with Gasteiger partial charge in [0.25, 0.3) is 0 Å². The molecule has 0 radical (unpaired) electrons. The molecular formula is C13H15F3O3. The Kier molecular flexibility index (Phi) is 5.20. The average molecular weight is 276 g/mol. The molecule has 0 heterocycles. The first-order valence-corrected chi connectivity index (χ1v) is 5.70. The van der Waals surface area contributed by atoms with Gasteiger partial charge in [-0.15, -0.1) is 0 Å². The Morgan fingerprint density at radius 2 is 1.68 bits per heavy atom. The summed E-state index contributed by atoms with van der Waals surface area (Å²) in [6, 6.07) is 4.78. The topological polar surface area (TPSA) is 35.5 Å². The van der Waals surface area contributed by atoms with Crippen molar-refractivity contribution in [3.8, 4) is 11.5 Å². The molecule has 1 aromatic rings. The van der Waals surface area contributed by atoms with Crippen LogP contribution in [0.3, 0.4) is 0 Å². The second kappa shape index (κ2) is 6.45. The van der Waals surface area contributed by atoms with Gasteiger partial charge in [0, 0.05) is 12.8 Å². The molecule has 1 aromatic carbocycles. The number of alkyl halides is 3. The molecule has 0 saturated heterocycles. The summed E-state index contributed by atoms with van der Waals surface area (Å²) in [5, 5.41) is 0. The number of ketones is 1. The van der Waals surface area contributed by atoms with Crippen molar-refractivity contribution in [3.63, 3.8) is 0 Å². The monoisotopic (exact) mass is 276 g/mol. The zero-order valence-corrected chi connectivity index (χ0v) is 10.7. The second-order valence-corrected chi connectivity index (χ2v) is 3.93. The Morgan fingerprint density at radius 1 is 1.16 bits per heavy atom. The fraction of sp³-hybridized carbons (Fsp3) is 0.462. The van der Waals surface area contributed by atoms with E-state index in [1.165, 1.54) is 14.2 Å². The van der Waals surface area contributed by atoms with Crippen molar-refractivity contribution in [1.29, 1.82) is 0 Å². The van der Waals surface area contributed by atoms with Crippen LogP contribution < -0.4 is 9.47 Å². The van der Waals surface area contributed by atoms with E-state index in [0.29, 0.717) is 11.5 Å². The third kappa shape index (κ3) is 4.46. The third-order valence-corrected chi connectivity index (χ3v) is 2.57. The highest BCUT2D eigenvalue weighted by molar-refractivity contribution is 6.01. The number of Topliss-reactive ketones (excluding diaryl/α,β-unsaturated/α-hetero) is 1. The number of hydrogen-bond donors (Lipinski definition) is 0. The van der Waals surface area contributed by atoms with E-state index in [2.05, 4.69) is 0 Å². The quantitative estimate of drug-likeness (QED) is 0.744. The standard InChI is InChI=1S/C13H15F3O3/c1-18-10-6-3-7-11(19-2)12(10)9(17)5-4-8-13(14,15)16/h3,6-7H,4-5,8H2,1-2H3. The van der Waals surface area contributed by atoms with Crippen LogP contribution in [-0.4, -0.2) is 26.2 Å². The molecule has 0 atom stereocenters. The first-order chi connectivity index (χ1) is 8.89. The number of carbonyl (C=O) groups is 1. The van der Waals surface area contributed by atoms with Gasteiger partial charge in [-0.1, -0.05) is 6.07 Å². The van der Waals surface area contributed by atoms with Crippen molar-refractivity contribution in [2.75, 3.05) is 14.2 Å². The van der Waals surface area contributed by atoms with Crippen LogP contribution in [0.25, 0.3) is 0 Å². The molecule has 0 amide bonds. The highest BCUT2D eigenvalue weighted by atomic mass is 19.4. The molecule has 3 nitrogen and oxygen atoms in total. The van der Waals surface area contributed by atoms with Gasteiger partial charge in [-0.2, -0.15) is 13.2 Å². The van der Waals surface area contributed by atoms with E-state index < -0.39 is 18.4 Å². The van der Waals surface area contributed by atoms with Crippen LogP contribution in [0.4, 0.5) is 13.2 Å². The minimum absolute atomic E-state index is 0.190. The summed E-state index contributed by atoms with van der Waals surface area (Å²) < 4.78 is 46.2. The molecule has 0 N–H and O–H groups in total. The van der Waals surface area contributed by atoms with E-state index in [9.17, 15) is 18.0 Å². The molecular weight excluding hydrogens is 261 g/mol. The smallest absolute Gasteiger partial charge is 0.389 e. The highest BCUT2D eigenvalue weighted by Gasteiger charge is 2.27. The van der Waals surface area contributed by atoms with E-state index in [1.54, 1.807) is 18.2 Å². The molecule has 0 saturated carbocycles. The molecule has 0 aliphatic rings. The summed E-state index contributed by atoms with van der Waals surface area (Å²) in [5.41, 5.74) is 0.190. The lowest BCUT2D eigenvalue weighted by atomic mass is 10.0. The minimum atomic E-state index is -4.24. The van der Waals surface area contributed by atoms with Crippen LogP contribution in [0.2, 0.25) is 0 Å². The fourth-order valence-electron chi connectivity index (χ4n) is 1.70. The van der Waals surface area contributed by atoms with Gasteiger partial charge in [-0.05, 0) is 18.6 Å². The maximum atomic E-state index is 12.0. The molecule has 0 unspecified atom stereocenters. The molecule has 19 heavy (non-hydrogen) atoms. The Balaban J connectivity index is 2.81. The summed E-state index contributed by atoms with van der Waals surface area (Å²) in [5.74, 6) is 0.186. The lowest BCUT2D eigenvalue weighted by Crippen LogP contribution is -2.10. The highest BCUT2D eigenvalue weighted by Crippen LogP contribution is 2.30. The van der Waals surface area contributed by atoms with Crippen molar-refractivity contribution in [3.05, 3.63) is 23.8 Å². The van der Waals surface area contributed by atoms with Gasteiger partial charge in [0.2, 0.25) is 0 Å². The lowest BCUT2D eigenvalue weighted by Gasteiger charge is -2.12. The molecule has 0 aliphatic heterocycles. The number of benzene rings is 1. The van der Waals surface area contributed by atoms with E-state index >= 15 is 0 Å². The normalized spacial score (nSPS) is 11.2. The van der Waals surface area contributed by atoms with E-state index in [-0.39, 0.29) is 18.4 Å². The van der Waals surface area contributed by atoms with E-state index in [0.717, 1.165) is 0 Å². The predicted molar refractivity (Wildman–Crippen MR) is 63.8 cm³/mol. The second-order valence-electron chi connectivity index (χ2n) is 3.93. The van der Waals surface area contributed by atoms with Crippen LogP contribution in [0.5, 0.6) is 11.5 Å². The Bertz CT molecular complexity index is 419. The molecule has 0 aliphatic carbocycles. The predicted octanol–water partition coefficient (Wildman–Crippen LogP) is 3.62. The Labute approximate surface area is 109 Å². The molecule has 106 valence electrons. The molecule has 0 bridgehead atoms. The minimum Gasteiger partial charge on any atom is -0.496 e. The zero-order chi connectivity index (χ0) is 14.5. The number of hydrogen-bond acceptors (Lipinski definition) is 3.